The number of aromatic nitrogens is 2. The molecule has 0 radical (unpaired) electrons. The molecule has 0 aliphatic rings. The second kappa shape index (κ2) is 5.39. The van der Waals surface area contributed by atoms with Crippen molar-refractivity contribution in [3.63, 3.8) is 0 Å². The topological polar surface area (TPSA) is 39.1 Å². The summed E-state index contributed by atoms with van der Waals surface area (Å²) < 4.78 is 7.31. The van der Waals surface area contributed by atoms with E-state index in [1.165, 1.54) is 0 Å². The lowest BCUT2D eigenvalue weighted by Crippen LogP contribution is -2.09. The molecule has 0 unspecified atom stereocenters. The highest BCUT2D eigenvalue weighted by molar-refractivity contribution is 5.56. The van der Waals surface area contributed by atoms with Crippen molar-refractivity contribution in [2.24, 2.45) is 7.05 Å². The molecule has 0 atom stereocenters. The van der Waals surface area contributed by atoms with Crippen molar-refractivity contribution < 1.29 is 4.74 Å². The quantitative estimate of drug-likeness (QED) is 0.856. The second-order valence-corrected chi connectivity index (χ2v) is 3.83. The molecule has 0 bridgehead atoms. The number of methoxy groups -OCH3 is 1. The van der Waals surface area contributed by atoms with Crippen molar-refractivity contribution >= 4 is 5.69 Å². The lowest BCUT2D eigenvalue weighted by Gasteiger charge is -2.10. The number of rotatable bonds is 5. The van der Waals surface area contributed by atoms with E-state index in [1.807, 2.05) is 48.3 Å². The predicted octanol–water partition coefficient (Wildman–Crippen LogP) is 2.08. The third-order valence-corrected chi connectivity index (χ3v) is 2.69. The van der Waals surface area contributed by atoms with Crippen LogP contribution in [0.15, 0.2) is 36.7 Å². The number of benzene rings is 1. The highest BCUT2D eigenvalue weighted by Crippen LogP contribution is 2.22. The summed E-state index contributed by atoms with van der Waals surface area (Å²) in [6.07, 6.45) is 4.67. The van der Waals surface area contributed by atoms with E-state index in [1.54, 1.807) is 7.11 Å². The Bertz CT molecular complexity index is 479. The lowest BCUT2D eigenvalue weighted by molar-refractivity contribution is 0.416. The Kier molecular flexibility index (Phi) is 3.65. The standard InChI is InChI=1S/C13H17N3O/c1-16-10-9-15-13(16)7-8-14-11-5-3-4-6-12(11)17-2/h3-6,9-10,14H,7-8H2,1-2H3. The fourth-order valence-corrected chi connectivity index (χ4v) is 1.74. The Morgan fingerprint density at radius 3 is 2.88 bits per heavy atom. The van der Waals surface area contributed by atoms with Crippen LogP contribution in [-0.4, -0.2) is 23.2 Å². The molecule has 1 heterocycles. The van der Waals surface area contributed by atoms with Crippen LogP contribution in [0.5, 0.6) is 5.75 Å². The van der Waals surface area contributed by atoms with E-state index in [9.17, 15) is 0 Å². The Hall–Kier alpha value is -1.97. The summed E-state index contributed by atoms with van der Waals surface area (Å²) in [5.41, 5.74) is 1.02. The number of aryl methyl sites for hydroxylation is 1. The van der Waals surface area contributed by atoms with E-state index in [2.05, 4.69) is 10.3 Å². The first kappa shape index (κ1) is 11.5. The minimum absolute atomic E-state index is 0.839. The van der Waals surface area contributed by atoms with Gasteiger partial charge in [0.2, 0.25) is 0 Å². The first-order chi connectivity index (χ1) is 8.31. The molecule has 0 amide bonds. The van der Waals surface area contributed by atoms with Crippen molar-refractivity contribution in [3.8, 4) is 5.75 Å². The number of imidazole rings is 1. The molecule has 4 heteroatoms. The number of para-hydroxylation sites is 2. The molecule has 0 saturated carbocycles. The molecule has 1 N–H and O–H groups in total. The van der Waals surface area contributed by atoms with Crippen LogP contribution < -0.4 is 10.1 Å². The molecule has 90 valence electrons. The lowest BCUT2D eigenvalue weighted by atomic mass is 10.3. The molecule has 2 rings (SSSR count). The second-order valence-electron chi connectivity index (χ2n) is 3.83. The van der Waals surface area contributed by atoms with Gasteiger partial charge in [-0.1, -0.05) is 12.1 Å². The van der Waals surface area contributed by atoms with Crippen molar-refractivity contribution in [2.45, 2.75) is 6.42 Å². The van der Waals surface area contributed by atoms with Gasteiger partial charge in [0.1, 0.15) is 11.6 Å². The van der Waals surface area contributed by atoms with Crippen LogP contribution in [0.3, 0.4) is 0 Å². The van der Waals surface area contributed by atoms with Gasteiger partial charge >= 0.3 is 0 Å². The summed E-state index contributed by atoms with van der Waals surface area (Å²) in [5, 5.41) is 3.35. The van der Waals surface area contributed by atoms with Crippen LogP contribution in [-0.2, 0) is 13.5 Å². The molecular formula is C13H17N3O. The van der Waals surface area contributed by atoms with Crippen LogP contribution in [0, 0.1) is 0 Å². The SMILES string of the molecule is COc1ccccc1NCCc1nccn1C. The van der Waals surface area contributed by atoms with Gasteiger partial charge in [0, 0.05) is 32.4 Å². The molecule has 0 spiro atoms. The normalized spacial score (nSPS) is 10.2. The van der Waals surface area contributed by atoms with Gasteiger partial charge in [-0.2, -0.15) is 0 Å². The van der Waals surface area contributed by atoms with E-state index in [0.29, 0.717) is 0 Å². The monoisotopic (exact) mass is 231 g/mol. The first-order valence-corrected chi connectivity index (χ1v) is 5.64. The van der Waals surface area contributed by atoms with Crippen molar-refractivity contribution in [1.29, 1.82) is 0 Å². The first-order valence-electron chi connectivity index (χ1n) is 5.64. The maximum absolute atomic E-state index is 5.27. The maximum atomic E-state index is 5.27. The molecule has 0 aliphatic heterocycles. The summed E-state index contributed by atoms with van der Waals surface area (Å²) in [5.74, 6) is 1.94. The van der Waals surface area contributed by atoms with Crippen molar-refractivity contribution in [3.05, 3.63) is 42.5 Å². The number of nitrogens with one attached hydrogen (secondary N) is 1. The van der Waals surface area contributed by atoms with Crippen LogP contribution in [0.1, 0.15) is 5.82 Å². The third kappa shape index (κ3) is 2.78. The summed E-state index contributed by atoms with van der Waals surface area (Å²) >= 11 is 0. The number of nitrogens with zero attached hydrogens (tertiary/aromatic N) is 2. The zero-order valence-electron chi connectivity index (χ0n) is 10.2. The third-order valence-electron chi connectivity index (χ3n) is 2.69. The summed E-state index contributed by atoms with van der Waals surface area (Å²) in [4.78, 5) is 4.28. The molecule has 2 aromatic rings. The zero-order chi connectivity index (χ0) is 12.1. The van der Waals surface area contributed by atoms with Gasteiger partial charge in [-0.3, -0.25) is 0 Å². The van der Waals surface area contributed by atoms with E-state index in [0.717, 1.165) is 30.2 Å². The molecule has 0 fully saturated rings. The van der Waals surface area contributed by atoms with E-state index >= 15 is 0 Å². The van der Waals surface area contributed by atoms with Crippen LogP contribution >= 0.6 is 0 Å². The van der Waals surface area contributed by atoms with Gasteiger partial charge in [-0.05, 0) is 12.1 Å². The van der Waals surface area contributed by atoms with Gasteiger partial charge in [0.15, 0.2) is 0 Å². The van der Waals surface area contributed by atoms with Gasteiger partial charge in [0.05, 0.1) is 12.8 Å². The fourth-order valence-electron chi connectivity index (χ4n) is 1.74. The molecule has 1 aromatic carbocycles. The highest BCUT2D eigenvalue weighted by Gasteiger charge is 2.02. The number of anilines is 1. The summed E-state index contributed by atoms with van der Waals surface area (Å²) in [6.45, 7) is 0.839. The minimum Gasteiger partial charge on any atom is -0.495 e. The number of ether oxygens (including phenoxy) is 1. The molecule has 17 heavy (non-hydrogen) atoms. The molecule has 0 saturated heterocycles. The van der Waals surface area contributed by atoms with Crippen LogP contribution in [0.25, 0.3) is 0 Å². The maximum Gasteiger partial charge on any atom is 0.141 e. The van der Waals surface area contributed by atoms with Gasteiger partial charge in [-0.25, -0.2) is 4.98 Å². The number of hydrogen-bond acceptors (Lipinski definition) is 3. The van der Waals surface area contributed by atoms with Gasteiger partial charge in [0.25, 0.3) is 0 Å². The molecule has 0 aliphatic carbocycles. The average molecular weight is 231 g/mol. The van der Waals surface area contributed by atoms with E-state index < -0.39 is 0 Å². The Morgan fingerprint density at radius 1 is 1.35 bits per heavy atom. The number of hydrogen-bond donors (Lipinski definition) is 1. The minimum atomic E-state index is 0.839. The van der Waals surface area contributed by atoms with Crippen molar-refractivity contribution in [2.75, 3.05) is 19.0 Å². The molecule has 1 aromatic heterocycles. The Morgan fingerprint density at radius 2 is 2.18 bits per heavy atom. The summed E-state index contributed by atoms with van der Waals surface area (Å²) in [6, 6.07) is 7.91. The average Bonchev–Trinajstić information content (AvgIpc) is 2.76. The van der Waals surface area contributed by atoms with Gasteiger partial charge in [-0.15, -0.1) is 0 Å². The zero-order valence-corrected chi connectivity index (χ0v) is 10.2. The smallest absolute Gasteiger partial charge is 0.141 e. The van der Waals surface area contributed by atoms with E-state index in [4.69, 9.17) is 4.74 Å². The highest BCUT2D eigenvalue weighted by atomic mass is 16.5. The fraction of sp³-hybridized carbons (Fsp3) is 0.308. The van der Waals surface area contributed by atoms with E-state index in [-0.39, 0.29) is 0 Å². The van der Waals surface area contributed by atoms with Crippen LogP contribution in [0.2, 0.25) is 0 Å². The van der Waals surface area contributed by atoms with Crippen molar-refractivity contribution in [1.82, 2.24) is 9.55 Å². The predicted molar refractivity (Wildman–Crippen MR) is 68.4 cm³/mol. The molecule has 4 nitrogen and oxygen atoms in total. The Labute approximate surface area is 101 Å². The Balaban J connectivity index is 1.92. The molecular weight excluding hydrogens is 214 g/mol. The van der Waals surface area contributed by atoms with Gasteiger partial charge < -0.3 is 14.6 Å². The largest absolute Gasteiger partial charge is 0.495 e. The summed E-state index contributed by atoms with van der Waals surface area (Å²) in [7, 11) is 3.69. The van der Waals surface area contributed by atoms with Crippen LogP contribution in [0.4, 0.5) is 5.69 Å².